The highest BCUT2D eigenvalue weighted by Gasteiger charge is 2.40. The number of rotatable bonds is 4. The van der Waals surface area contributed by atoms with Crippen LogP contribution in [0.3, 0.4) is 0 Å². The topological polar surface area (TPSA) is 75.6 Å². The second kappa shape index (κ2) is 6.30. The zero-order chi connectivity index (χ0) is 14.8. The lowest BCUT2D eigenvalue weighted by atomic mass is 9.75. The first-order valence-electron chi connectivity index (χ1n) is 7.51. The third kappa shape index (κ3) is 4.16. The van der Waals surface area contributed by atoms with Crippen LogP contribution >= 0.6 is 0 Å². The standard InChI is InChI=1S/C14H27NO4S/c1-14(16,9-12-10-19-7-6-15-12)11-4-3-5-13(8-11)20(2,17)18/h11-13,15-16H,3-10H2,1-2H3. The van der Waals surface area contributed by atoms with Gasteiger partial charge < -0.3 is 15.2 Å². The lowest BCUT2D eigenvalue weighted by Gasteiger charge is -2.40. The predicted octanol–water partition coefficient (Wildman–Crippen LogP) is 0.719. The Kier molecular flexibility index (Phi) is 5.10. The molecule has 6 heteroatoms. The summed E-state index contributed by atoms with van der Waals surface area (Å²) in [5, 5.41) is 13.8. The third-order valence-electron chi connectivity index (χ3n) is 4.77. The maximum atomic E-state index is 11.7. The number of aliphatic hydroxyl groups is 1. The highest BCUT2D eigenvalue weighted by molar-refractivity contribution is 7.91. The van der Waals surface area contributed by atoms with Crippen LogP contribution in [-0.2, 0) is 14.6 Å². The zero-order valence-corrected chi connectivity index (χ0v) is 13.3. The van der Waals surface area contributed by atoms with Crippen LogP contribution in [0, 0.1) is 5.92 Å². The molecule has 1 aliphatic heterocycles. The fourth-order valence-corrected chi connectivity index (χ4v) is 4.69. The smallest absolute Gasteiger partial charge is 0.150 e. The summed E-state index contributed by atoms with van der Waals surface area (Å²) in [4.78, 5) is 0. The Balaban J connectivity index is 1.97. The third-order valence-corrected chi connectivity index (χ3v) is 6.41. The highest BCUT2D eigenvalue weighted by atomic mass is 32.2. The average molecular weight is 305 g/mol. The van der Waals surface area contributed by atoms with Crippen molar-refractivity contribution in [1.29, 1.82) is 0 Å². The zero-order valence-electron chi connectivity index (χ0n) is 12.5. The van der Waals surface area contributed by atoms with Crippen LogP contribution in [0.5, 0.6) is 0 Å². The number of hydrogen-bond acceptors (Lipinski definition) is 5. The van der Waals surface area contributed by atoms with Gasteiger partial charge in [-0.05, 0) is 38.5 Å². The van der Waals surface area contributed by atoms with Crippen molar-refractivity contribution in [2.24, 2.45) is 5.92 Å². The van der Waals surface area contributed by atoms with Gasteiger partial charge in [0.15, 0.2) is 0 Å². The summed E-state index contributed by atoms with van der Waals surface area (Å²) in [7, 11) is -3.00. The number of nitrogens with one attached hydrogen (secondary N) is 1. The quantitative estimate of drug-likeness (QED) is 0.800. The molecule has 2 N–H and O–H groups in total. The Morgan fingerprint density at radius 1 is 1.40 bits per heavy atom. The van der Waals surface area contributed by atoms with E-state index in [1.54, 1.807) is 0 Å². The SMILES string of the molecule is CC(O)(CC1COCCN1)C1CCCC(S(C)(=O)=O)C1. The van der Waals surface area contributed by atoms with E-state index in [2.05, 4.69) is 5.32 Å². The first-order chi connectivity index (χ1) is 9.29. The number of ether oxygens (including phenoxy) is 1. The molecule has 0 aromatic heterocycles. The second-order valence-corrected chi connectivity index (χ2v) is 8.93. The first-order valence-corrected chi connectivity index (χ1v) is 9.47. The van der Waals surface area contributed by atoms with Gasteiger partial charge in [0.25, 0.3) is 0 Å². The van der Waals surface area contributed by atoms with Crippen molar-refractivity contribution in [2.45, 2.75) is 55.9 Å². The van der Waals surface area contributed by atoms with Gasteiger partial charge in [-0.15, -0.1) is 0 Å². The molecule has 0 aromatic rings. The molecule has 1 saturated carbocycles. The van der Waals surface area contributed by atoms with Gasteiger partial charge in [-0.3, -0.25) is 0 Å². The average Bonchev–Trinajstić information content (AvgIpc) is 2.38. The molecule has 1 saturated heterocycles. The number of hydrogen-bond donors (Lipinski definition) is 2. The molecule has 0 radical (unpaired) electrons. The van der Waals surface area contributed by atoms with Gasteiger partial charge in [0.1, 0.15) is 9.84 Å². The van der Waals surface area contributed by atoms with Crippen molar-refractivity contribution < 1.29 is 18.3 Å². The summed E-state index contributed by atoms with van der Waals surface area (Å²) < 4.78 is 28.9. The minimum atomic E-state index is -3.00. The molecular weight excluding hydrogens is 278 g/mol. The summed E-state index contributed by atoms with van der Waals surface area (Å²) >= 11 is 0. The molecule has 1 aliphatic carbocycles. The number of morpholine rings is 1. The fraction of sp³-hybridized carbons (Fsp3) is 1.00. The van der Waals surface area contributed by atoms with Crippen molar-refractivity contribution in [3.63, 3.8) is 0 Å². The van der Waals surface area contributed by atoms with E-state index in [9.17, 15) is 13.5 Å². The molecule has 2 aliphatic rings. The Morgan fingerprint density at radius 3 is 2.75 bits per heavy atom. The van der Waals surface area contributed by atoms with Gasteiger partial charge in [-0.2, -0.15) is 0 Å². The van der Waals surface area contributed by atoms with Gasteiger partial charge in [-0.25, -0.2) is 8.42 Å². The molecule has 4 unspecified atom stereocenters. The lowest BCUT2D eigenvalue weighted by molar-refractivity contribution is -0.0449. The summed E-state index contributed by atoms with van der Waals surface area (Å²) in [5.41, 5.74) is -0.832. The fourth-order valence-electron chi connectivity index (χ4n) is 3.52. The van der Waals surface area contributed by atoms with Crippen LogP contribution < -0.4 is 5.32 Å². The van der Waals surface area contributed by atoms with E-state index in [4.69, 9.17) is 4.74 Å². The Hall–Kier alpha value is -0.170. The second-order valence-electron chi connectivity index (χ2n) is 6.60. The Bertz CT molecular complexity index is 415. The normalized spacial score (nSPS) is 35.5. The first kappa shape index (κ1) is 16.2. The minimum absolute atomic E-state index is 0.0553. The van der Waals surface area contributed by atoms with E-state index in [0.29, 0.717) is 19.4 Å². The molecule has 2 rings (SSSR count). The van der Waals surface area contributed by atoms with E-state index >= 15 is 0 Å². The van der Waals surface area contributed by atoms with Crippen LogP contribution in [-0.4, -0.2) is 56.4 Å². The molecule has 118 valence electrons. The minimum Gasteiger partial charge on any atom is -0.390 e. The van der Waals surface area contributed by atoms with Crippen molar-refractivity contribution in [3.8, 4) is 0 Å². The molecule has 0 spiro atoms. The van der Waals surface area contributed by atoms with E-state index in [-0.39, 0.29) is 17.2 Å². The molecular formula is C14H27NO4S. The molecule has 5 nitrogen and oxygen atoms in total. The predicted molar refractivity (Wildman–Crippen MR) is 78.4 cm³/mol. The molecule has 2 fully saturated rings. The largest absolute Gasteiger partial charge is 0.390 e. The van der Waals surface area contributed by atoms with Crippen molar-refractivity contribution >= 4 is 9.84 Å². The van der Waals surface area contributed by atoms with Crippen LogP contribution in [0.15, 0.2) is 0 Å². The monoisotopic (exact) mass is 305 g/mol. The van der Waals surface area contributed by atoms with Gasteiger partial charge in [0.05, 0.1) is 24.1 Å². The summed E-state index contributed by atoms with van der Waals surface area (Å²) in [5.74, 6) is 0.0553. The van der Waals surface area contributed by atoms with Gasteiger partial charge in [0.2, 0.25) is 0 Å². The Labute approximate surface area is 122 Å². The van der Waals surface area contributed by atoms with E-state index in [1.807, 2.05) is 6.92 Å². The summed E-state index contributed by atoms with van der Waals surface area (Å²) in [6.45, 7) is 4.01. The molecule has 0 amide bonds. The van der Waals surface area contributed by atoms with Crippen LogP contribution in [0.25, 0.3) is 0 Å². The van der Waals surface area contributed by atoms with Gasteiger partial charge in [0, 0.05) is 18.8 Å². The van der Waals surface area contributed by atoms with Gasteiger partial charge >= 0.3 is 0 Å². The maximum absolute atomic E-state index is 11.7. The summed E-state index contributed by atoms with van der Waals surface area (Å²) in [6.07, 6.45) is 5.04. The number of sulfone groups is 1. The Morgan fingerprint density at radius 2 is 2.15 bits per heavy atom. The molecule has 1 heterocycles. The maximum Gasteiger partial charge on any atom is 0.150 e. The van der Waals surface area contributed by atoms with Crippen molar-refractivity contribution in [2.75, 3.05) is 26.0 Å². The molecule has 0 bridgehead atoms. The molecule has 20 heavy (non-hydrogen) atoms. The van der Waals surface area contributed by atoms with Gasteiger partial charge in [-0.1, -0.05) is 6.42 Å². The molecule has 0 aromatic carbocycles. The van der Waals surface area contributed by atoms with Crippen molar-refractivity contribution in [3.05, 3.63) is 0 Å². The summed E-state index contributed by atoms with van der Waals surface area (Å²) in [6, 6.07) is 0.164. The van der Waals surface area contributed by atoms with Crippen LogP contribution in [0.1, 0.15) is 39.0 Å². The van der Waals surface area contributed by atoms with Crippen molar-refractivity contribution in [1.82, 2.24) is 5.32 Å². The van der Waals surface area contributed by atoms with Crippen LogP contribution in [0.2, 0.25) is 0 Å². The van der Waals surface area contributed by atoms with Crippen LogP contribution in [0.4, 0.5) is 0 Å². The van der Waals surface area contributed by atoms with E-state index in [1.165, 1.54) is 6.26 Å². The van der Waals surface area contributed by atoms with E-state index < -0.39 is 15.4 Å². The molecule has 4 atom stereocenters. The highest BCUT2D eigenvalue weighted by Crippen LogP contribution is 2.37. The lowest BCUT2D eigenvalue weighted by Crippen LogP contribution is -2.49. The van der Waals surface area contributed by atoms with E-state index in [0.717, 1.165) is 32.4 Å².